The molecule has 0 aliphatic carbocycles. The zero-order valence-electron chi connectivity index (χ0n) is 14.0. The van der Waals surface area contributed by atoms with Gasteiger partial charge < -0.3 is 10.6 Å². The van der Waals surface area contributed by atoms with Crippen LogP contribution in [-0.2, 0) is 6.42 Å². The van der Waals surface area contributed by atoms with E-state index >= 15 is 0 Å². The summed E-state index contributed by atoms with van der Waals surface area (Å²) in [6, 6.07) is 6.91. The molecule has 0 radical (unpaired) electrons. The van der Waals surface area contributed by atoms with Gasteiger partial charge in [0.05, 0.1) is 10.7 Å². The molecule has 0 spiro atoms. The first kappa shape index (κ1) is 18.3. The van der Waals surface area contributed by atoms with E-state index in [1.807, 2.05) is 12.1 Å². The van der Waals surface area contributed by atoms with Crippen molar-refractivity contribution in [1.82, 2.24) is 0 Å². The van der Waals surface area contributed by atoms with Gasteiger partial charge in [-0.15, -0.1) is 0 Å². The van der Waals surface area contributed by atoms with Crippen molar-refractivity contribution in [3.05, 3.63) is 28.8 Å². The van der Waals surface area contributed by atoms with Gasteiger partial charge in [0.15, 0.2) is 0 Å². The highest BCUT2D eigenvalue weighted by atomic mass is 35.5. The van der Waals surface area contributed by atoms with E-state index in [1.165, 1.54) is 24.1 Å². The third-order valence-electron chi connectivity index (χ3n) is 4.24. The number of rotatable bonds is 9. The SMILES string of the molecule is CCCCN(c1c(Cl)cccc1CC(N)CC)C(C)CC. The van der Waals surface area contributed by atoms with E-state index in [-0.39, 0.29) is 6.04 Å². The lowest BCUT2D eigenvalue weighted by Gasteiger charge is -2.34. The molecule has 0 saturated heterocycles. The van der Waals surface area contributed by atoms with Crippen LogP contribution in [0.3, 0.4) is 0 Å². The molecule has 2 atom stereocenters. The maximum absolute atomic E-state index is 6.55. The van der Waals surface area contributed by atoms with Gasteiger partial charge in [-0.05, 0) is 44.2 Å². The molecule has 0 amide bonds. The van der Waals surface area contributed by atoms with Crippen molar-refractivity contribution in [3.63, 3.8) is 0 Å². The van der Waals surface area contributed by atoms with E-state index < -0.39 is 0 Å². The summed E-state index contributed by atoms with van der Waals surface area (Å²) in [4.78, 5) is 2.48. The van der Waals surface area contributed by atoms with E-state index in [9.17, 15) is 0 Å². The number of nitrogens with two attached hydrogens (primary N) is 1. The fourth-order valence-corrected chi connectivity index (χ4v) is 2.88. The Bertz CT molecular complexity index is 420. The minimum atomic E-state index is 0.201. The van der Waals surface area contributed by atoms with E-state index in [0.717, 1.165) is 30.8 Å². The molecule has 0 saturated carbocycles. The number of unbranched alkanes of at least 4 members (excludes halogenated alkanes) is 1. The van der Waals surface area contributed by atoms with Crippen LogP contribution in [0.15, 0.2) is 18.2 Å². The molecule has 1 aromatic rings. The van der Waals surface area contributed by atoms with E-state index in [4.69, 9.17) is 17.3 Å². The second kappa shape index (κ2) is 9.32. The summed E-state index contributed by atoms with van der Waals surface area (Å²) in [5, 5.41) is 0.854. The van der Waals surface area contributed by atoms with Gasteiger partial charge in [0.25, 0.3) is 0 Å². The molecule has 0 fully saturated rings. The number of halogens is 1. The Labute approximate surface area is 135 Å². The minimum Gasteiger partial charge on any atom is -0.367 e. The third-order valence-corrected chi connectivity index (χ3v) is 4.54. The van der Waals surface area contributed by atoms with Gasteiger partial charge in [-0.3, -0.25) is 0 Å². The molecular weight excluding hydrogens is 280 g/mol. The maximum Gasteiger partial charge on any atom is 0.0642 e. The van der Waals surface area contributed by atoms with Gasteiger partial charge in [0.1, 0.15) is 0 Å². The number of nitrogens with zero attached hydrogens (tertiary/aromatic N) is 1. The minimum absolute atomic E-state index is 0.201. The molecule has 2 nitrogen and oxygen atoms in total. The first-order chi connectivity index (χ1) is 10.0. The van der Waals surface area contributed by atoms with Crippen LogP contribution in [0.5, 0.6) is 0 Å². The van der Waals surface area contributed by atoms with E-state index in [0.29, 0.717) is 6.04 Å². The van der Waals surface area contributed by atoms with Crippen molar-refractivity contribution in [3.8, 4) is 0 Å². The Kier molecular flexibility index (Phi) is 8.13. The molecule has 0 aromatic heterocycles. The van der Waals surface area contributed by atoms with Crippen LogP contribution in [0.4, 0.5) is 5.69 Å². The highest BCUT2D eigenvalue weighted by molar-refractivity contribution is 6.33. The van der Waals surface area contributed by atoms with Crippen LogP contribution in [0.2, 0.25) is 5.02 Å². The van der Waals surface area contributed by atoms with Crippen molar-refractivity contribution < 1.29 is 0 Å². The second-order valence-electron chi connectivity index (χ2n) is 5.92. The predicted octanol–water partition coefficient (Wildman–Crippen LogP) is 5.02. The molecule has 2 N–H and O–H groups in total. The Morgan fingerprint density at radius 2 is 1.90 bits per heavy atom. The zero-order chi connectivity index (χ0) is 15.8. The van der Waals surface area contributed by atoms with Crippen molar-refractivity contribution in [2.45, 2.75) is 71.9 Å². The lowest BCUT2D eigenvalue weighted by atomic mass is 10.0. The highest BCUT2D eigenvalue weighted by Gasteiger charge is 2.19. The smallest absolute Gasteiger partial charge is 0.0642 e. The van der Waals surface area contributed by atoms with Crippen molar-refractivity contribution in [2.75, 3.05) is 11.4 Å². The van der Waals surface area contributed by atoms with Crippen LogP contribution in [-0.4, -0.2) is 18.6 Å². The van der Waals surface area contributed by atoms with Crippen LogP contribution in [0, 0.1) is 0 Å². The Morgan fingerprint density at radius 1 is 1.19 bits per heavy atom. The Morgan fingerprint density at radius 3 is 2.48 bits per heavy atom. The molecular formula is C18H31ClN2. The molecule has 0 heterocycles. The predicted molar refractivity (Wildman–Crippen MR) is 95.4 cm³/mol. The fraction of sp³-hybridized carbons (Fsp3) is 0.667. The Balaban J connectivity index is 3.15. The van der Waals surface area contributed by atoms with Gasteiger partial charge in [0, 0.05) is 18.6 Å². The molecule has 0 bridgehead atoms. The van der Waals surface area contributed by atoms with Crippen LogP contribution < -0.4 is 10.6 Å². The van der Waals surface area contributed by atoms with Gasteiger partial charge in [-0.25, -0.2) is 0 Å². The van der Waals surface area contributed by atoms with Crippen LogP contribution in [0.25, 0.3) is 0 Å². The molecule has 2 unspecified atom stereocenters. The van der Waals surface area contributed by atoms with E-state index in [2.05, 4.69) is 38.7 Å². The normalized spacial score (nSPS) is 14.0. The summed E-state index contributed by atoms with van der Waals surface area (Å²) < 4.78 is 0. The molecule has 3 heteroatoms. The molecule has 21 heavy (non-hydrogen) atoms. The number of benzene rings is 1. The van der Waals surface area contributed by atoms with Crippen molar-refractivity contribution >= 4 is 17.3 Å². The summed E-state index contributed by atoms with van der Waals surface area (Å²) in [6.07, 6.45) is 5.39. The topological polar surface area (TPSA) is 29.3 Å². The zero-order valence-corrected chi connectivity index (χ0v) is 14.8. The lowest BCUT2D eigenvalue weighted by Crippen LogP contribution is -2.35. The molecule has 1 aromatic carbocycles. The van der Waals surface area contributed by atoms with Gasteiger partial charge in [-0.1, -0.05) is 50.9 Å². The monoisotopic (exact) mass is 310 g/mol. The molecule has 120 valence electrons. The largest absolute Gasteiger partial charge is 0.367 e. The molecule has 1 rings (SSSR count). The first-order valence-electron chi connectivity index (χ1n) is 8.34. The standard InChI is InChI=1S/C18H31ClN2/c1-5-8-12-21(14(4)6-2)18-15(13-16(20)7-3)10-9-11-17(18)19/h9-11,14,16H,5-8,12-13,20H2,1-4H3. The molecule has 0 aliphatic rings. The second-order valence-corrected chi connectivity index (χ2v) is 6.33. The Hall–Kier alpha value is -0.730. The number of para-hydroxylation sites is 1. The highest BCUT2D eigenvalue weighted by Crippen LogP contribution is 2.33. The summed E-state index contributed by atoms with van der Waals surface area (Å²) in [5.41, 5.74) is 8.66. The third kappa shape index (κ3) is 5.19. The quantitative estimate of drug-likeness (QED) is 0.693. The number of hydrogen-bond acceptors (Lipinski definition) is 2. The lowest BCUT2D eigenvalue weighted by molar-refractivity contribution is 0.588. The first-order valence-corrected chi connectivity index (χ1v) is 8.72. The van der Waals surface area contributed by atoms with Gasteiger partial charge in [0.2, 0.25) is 0 Å². The average Bonchev–Trinajstić information content (AvgIpc) is 2.49. The number of hydrogen-bond donors (Lipinski definition) is 1. The van der Waals surface area contributed by atoms with Gasteiger partial charge >= 0.3 is 0 Å². The van der Waals surface area contributed by atoms with E-state index in [1.54, 1.807) is 0 Å². The summed E-state index contributed by atoms with van der Waals surface area (Å²) in [7, 11) is 0. The van der Waals surface area contributed by atoms with Crippen LogP contribution in [0.1, 0.15) is 58.9 Å². The van der Waals surface area contributed by atoms with Crippen molar-refractivity contribution in [2.24, 2.45) is 5.73 Å². The molecule has 0 aliphatic heterocycles. The number of anilines is 1. The average molecular weight is 311 g/mol. The van der Waals surface area contributed by atoms with Gasteiger partial charge in [-0.2, -0.15) is 0 Å². The summed E-state index contributed by atoms with van der Waals surface area (Å²) >= 11 is 6.55. The maximum atomic E-state index is 6.55. The summed E-state index contributed by atoms with van der Waals surface area (Å²) in [5.74, 6) is 0. The van der Waals surface area contributed by atoms with Crippen molar-refractivity contribution in [1.29, 1.82) is 0 Å². The van der Waals surface area contributed by atoms with Crippen LogP contribution >= 0.6 is 11.6 Å². The summed E-state index contributed by atoms with van der Waals surface area (Å²) in [6.45, 7) is 9.94. The fourth-order valence-electron chi connectivity index (χ4n) is 2.57.